The van der Waals surface area contributed by atoms with Gasteiger partial charge in [-0.1, -0.05) is 41.6 Å². The van der Waals surface area contributed by atoms with Gasteiger partial charge in [0, 0.05) is 23.5 Å². The quantitative estimate of drug-likeness (QED) is 0.688. The van der Waals surface area contributed by atoms with E-state index in [9.17, 15) is 18.4 Å². The zero-order valence-electron chi connectivity index (χ0n) is 13.3. The first-order valence-corrected chi connectivity index (χ1v) is 7.54. The second-order valence-electron chi connectivity index (χ2n) is 5.30. The molecule has 1 N–H and O–H groups in total. The minimum absolute atomic E-state index is 0.214. The molecule has 0 aliphatic heterocycles. The van der Waals surface area contributed by atoms with Crippen molar-refractivity contribution in [1.82, 2.24) is 5.16 Å². The number of benzene rings is 2. The van der Waals surface area contributed by atoms with Crippen molar-refractivity contribution >= 4 is 11.8 Å². The Morgan fingerprint density at radius 1 is 1.08 bits per heavy atom. The van der Waals surface area contributed by atoms with Gasteiger partial charge in [-0.15, -0.1) is 0 Å². The van der Waals surface area contributed by atoms with Gasteiger partial charge in [-0.05, 0) is 18.2 Å². The molecule has 0 saturated carbocycles. The van der Waals surface area contributed by atoms with Crippen molar-refractivity contribution < 1.29 is 17.7 Å². The molecule has 0 atom stereocenters. The largest absolute Gasteiger partial charge is 0.416 e. The number of aromatic nitrogens is 1. The molecule has 0 bridgehead atoms. The third-order valence-corrected chi connectivity index (χ3v) is 3.55. The molecular weight excluding hydrogens is 343 g/mol. The van der Waals surface area contributed by atoms with Crippen LogP contribution in [0.5, 0.6) is 0 Å². The maximum Gasteiger partial charge on any atom is 0.416 e. The number of nitrogens with one attached hydrogen (secondary N) is 1. The topological polar surface area (TPSA) is 61.9 Å². The van der Waals surface area contributed by atoms with Crippen LogP contribution in [0, 0.1) is 11.3 Å². The van der Waals surface area contributed by atoms with Crippen LogP contribution in [0.15, 0.2) is 65.3 Å². The van der Waals surface area contributed by atoms with E-state index in [2.05, 4.69) is 10.5 Å². The van der Waals surface area contributed by atoms with Gasteiger partial charge in [0.2, 0.25) is 0 Å². The lowest BCUT2D eigenvalue weighted by atomic mass is 10.1. The fourth-order valence-electron chi connectivity index (χ4n) is 2.32. The van der Waals surface area contributed by atoms with Gasteiger partial charge in [-0.2, -0.15) is 18.4 Å². The lowest BCUT2D eigenvalue weighted by Crippen LogP contribution is -2.04. The third-order valence-electron chi connectivity index (χ3n) is 3.55. The highest BCUT2D eigenvalue weighted by Crippen LogP contribution is 2.31. The molecule has 2 aromatic carbocycles. The van der Waals surface area contributed by atoms with Crippen LogP contribution in [0.1, 0.15) is 16.9 Å². The molecule has 3 aromatic rings. The Labute approximate surface area is 147 Å². The molecule has 1 aromatic heterocycles. The monoisotopic (exact) mass is 355 g/mol. The van der Waals surface area contributed by atoms with Crippen LogP contribution in [-0.2, 0) is 6.18 Å². The molecule has 0 aliphatic rings. The van der Waals surface area contributed by atoms with Crippen molar-refractivity contribution in [3.8, 4) is 17.3 Å². The molecule has 0 spiro atoms. The predicted molar refractivity (Wildman–Crippen MR) is 90.8 cm³/mol. The molecule has 3 rings (SSSR count). The van der Waals surface area contributed by atoms with Crippen LogP contribution in [0.4, 0.5) is 18.9 Å². The first-order chi connectivity index (χ1) is 12.5. The van der Waals surface area contributed by atoms with E-state index in [0.29, 0.717) is 5.69 Å². The second kappa shape index (κ2) is 7.15. The lowest BCUT2D eigenvalue weighted by molar-refractivity contribution is -0.137. The molecule has 0 aliphatic carbocycles. The van der Waals surface area contributed by atoms with Crippen LogP contribution >= 0.6 is 0 Å². The number of halogens is 3. The Bertz CT molecular complexity index is 970. The van der Waals surface area contributed by atoms with Gasteiger partial charge in [0.15, 0.2) is 5.76 Å². The molecule has 0 radical (unpaired) electrons. The van der Waals surface area contributed by atoms with E-state index in [0.717, 1.165) is 17.7 Å². The van der Waals surface area contributed by atoms with E-state index in [1.807, 2.05) is 24.3 Å². The van der Waals surface area contributed by atoms with Crippen LogP contribution in [0.2, 0.25) is 0 Å². The Kier molecular flexibility index (Phi) is 4.76. The Morgan fingerprint density at radius 3 is 2.54 bits per heavy atom. The van der Waals surface area contributed by atoms with E-state index in [1.54, 1.807) is 12.1 Å². The fourth-order valence-corrected chi connectivity index (χ4v) is 2.32. The van der Waals surface area contributed by atoms with E-state index < -0.39 is 11.7 Å². The second-order valence-corrected chi connectivity index (χ2v) is 5.30. The minimum Gasteiger partial charge on any atom is -0.362 e. The summed E-state index contributed by atoms with van der Waals surface area (Å²) in [5, 5.41) is 16.0. The Balaban J connectivity index is 1.80. The van der Waals surface area contributed by atoms with Crippen LogP contribution in [0.25, 0.3) is 17.3 Å². The minimum atomic E-state index is -4.41. The summed E-state index contributed by atoms with van der Waals surface area (Å²) in [5.41, 5.74) is 0.903. The number of hydrogen-bond acceptors (Lipinski definition) is 4. The summed E-state index contributed by atoms with van der Waals surface area (Å²) < 4.78 is 43.3. The number of nitrogens with zero attached hydrogens (tertiary/aromatic N) is 2. The highest BCUT2D eigenvalue weighted by molar-refractivity contribution is 5.71. The first-order valence-electron chi connectivity index (χ1n) is 7.54. The first kappa shape index (κ1) is 17.3. The number of hydrogen-bond donors (Lipinski definition) is 1. The number of rotatable bonds is 4. The molecule has 26 heavy (non-hydrogen) atoms. The Hall–Kier alpha value is -3.53. The molecule has 7 heteroatoms. The summed E-state index contributed by atoms with van der Waals surface area (Å²) in [6.45, 7) is 0. The zero-order valence-corrected chi connectivity index (χ0v) is 13.3. The fraction of sp³-hybridized carbons (Fsp3) is 0.0526. The van der Waals surface area contributed by atoms with Crippen molar-refractivity contribution in [3.05, 3.63) is 77.7 Å². The smallest absolute Gasteiger partial charge is 0.362 e. The van der Waals surface area contributed by atoms with Gasteiger partial charge >= 0.3 is 6.18 Å². The van der Waals surface area contributed by atoms with E-state index in [1.165, 1.54) is 24.4 Å². The molecule has 0 amide bonds. The number of alkyl halides is 3. The molecule has 0 unspecified atom stereocenters. The Morgan fingerprint density at radius 2 is 1.85 bits per heavy atom. The summed E-state index contributed by atoms with van der Waals surface area (Å²) in [4.78, 5) is 0. The van der Waals surface area contributed by atoms with Crippen molar-refractivity contribution in [2.75, 3.05) is 5.32 Å². The van der Waals surface area contributed by atoms with E-state index >= 15 is 0 Å². The highest BCUT2D eigenvalue weighted by Gasteiger charge is 2.30. The molecule has 1 heterocycles. The SMILES string of the molecule is N#Cc1c(-c2ccccc2)noc1/C=C/Nc1cccc(C(F)(F)F)c1. The van der Waals surface area contributed by atoms with Crippen molar-refractivity contribution in [2.24, 2.45) is 0 Å². The summed E-state index contributed by atoms with van der Waals surface area (Å²) in [6, 6.07) is 15.9. The van der Waals surface area contributed by atoms with Crippen LogP contribution in [0.3, 0.4) is 0 Å². The van der Waals surface area contributed by atoms with Crippen molar-refractivity contribution in [2.45, 2.75) is 6.18 Å². The number of nitriles is 1. The summed E-state index contributed by atoms with van der Waals surface area (Å²) in [7, 11) is 0. The van der Waals surface area contributed by atoms with Crippen molar-refractivity contribution in [1.29, 1.82) is 5.26 Å². The molecule has 130 valence electrons. The van der Waals surface area contributed by atoms with Gasteiger partial charge in [-0.25, -0.2) is 0 Å². The summed E-state index contributed by atoms with van der Waals surface area (Å²) in [6.07, 6.45) is -1.57. The molecular formula is C19H12F3N3O. The van der Waals surface area contributed by atoms with Crippen LogP contribution in [-0.4, -0.2) is 5.16 Å². The van der Waals surface area contributed by atoms with Crippen molar-refractivity contribution in [3.63, 3.8) is 0 Å². The average molecular weight is 355 g/mol. The van der Waals surface area contributed by atoms with Gasteiger partial charge in [0.1, 0.15) is 17.3 Å². The summed E-state index contributed by atoms with van der Waals surface area (Å²) >= 11 is 0. The molecule has 4 nitrogen and oxygen atoms in total. The normalized spacial score (nSPS) is 11.5. The van der Waals surface area contributed by atoms with Gasteiger partial charge < -0.3 is 9.84 Å². The lowest BCUT2D eigenvalue weighted by Gasteiger charge is -2.08. The highest BCUT2D eigenvalue weighted by atomic mass is 19.4. The van der Waals surface area contributed by atoms with Crippen LogP contribution < -0.4 is 5.32 Å². The molecule has 0 saturated heterocycles. The van der Waals surface area contributed by atoms with Gasteiger partial charge in [0.05, 0.1) is 5.56 Å². The third kappa shape index (κ3) is 3.75. The molecule has 0 fully saturated rings. The summed E-state index contributed by atoms with van der Waals surface area (Å²) in [5.74, 6) is 0.214. The van der Waals surface area contributed by atoms with E-state index in [-0.39, 0.29) is 17.0 Å². The van der Waals surface area contributed by atoms with Gasteiger partial charge in [0.25, 0.3) is 0 Å². The maximum absolute atomic E-state index is 12.7. The standard InChI is InChI=1S/C19H12F3N3O/c20-19(21,22)14-7-4-8-15(11-14)24-10-9-17-16(12-23)18(25-26-17)13-5-2-1-3-6-13/h1-11,24H/b10-9+. The maximum atomic E-state index is 12.7. The number of anilines is 1. The zero-order chi connectivity index (χ0) is 18.6. The van der Waals surface area contributed by atoms with Gasteiger partial charge in [-0.3, -0.25) is 0 Å². The van der Waals surface area contributed by atoms with E-state index in [4.69, 9.17) is 4.52 Å². The predicted octanol–water partition coefficient (Wildman–Crippen LogP) is 5.31. The average Bonchev–Trinajstić information content (AvgIpc) is 3.05.